The normalized spacial score (nSPS) is 12.6. The summed E-state index contributed by atoms with van der Waals surface area (Å²) in [5.41, 5.74) is -2.47. The molecule has 2 amide bonds. The maximum atomic E-state index is 12.9. The zero-order valence-corrected chi connectivity index (χ0v) is 42.1. The van der Waals surface area contributed by atoms with Crippen molar-refractivity contribution in [3.63, 3.8) is 0 Å². The van der Waals surface area contributed by atoms with Gasteiger partial charge in [0.25, 0.3) is 35.5 Å². The van der Waals surface area contributed by atoms with E-state index in [1.807, 2.05) is 6.07 Å². The number of phenols is 1. The summed E-state index contributed by atoms with van der Waals surface area (Å²) < 4.78 is 114. The lowest BCUT2D eigenvalue weighted by atomic mass is 10.1. The molecule has 0 aliphatic rings. The van der Waals surface area contributed by atoms with Crippen LogP contribution in [0.25, 0.3) is 27.5 Å². The number of anilines is 1. The number of nitrogens with one attached hydrogen (secondary N) is 2. The van der Waals surface area contributed by atoms with E-state index in [2.05, 4.69) is 75.2 Å². The fraction of sp³-hybridized carbons (Fsp3) is 0.139. The van der Waals surface area contributed by atoms with Crippen LogP contribution in [0.1, 0.15) is 11.1 Å². The van der Waals surface area contributed by atoms with E-state index in [0.717, 1.165) is 47.6 Å². The first kappa shape index (κ1) is 55.1. The number of phenolic OH excluding ortho intramolecular Hbond substituents is 1. The third-order valence-corrected chi connectivity index (χ3v) is 15.3. The minimum absolute atomic E-state index is 0.0290. The van der Waals surface area contributed by atoms with Gasteiger partial charge in [-0.25, -0.2) is 20.3 Å². The van der Waals surface area contributed by atoms with Crippen LogP contribution in [0.4, 0.5) is 44.1 Å². The van der Waals surface area contributed by atoms with Crippen LogP contribution in [0.15, 0.2) is 104 Å². The van der Waals surface area contributed by atoms with Crippen LogP contribution in [0.3, 0.4) is 0 Å². The molecule has 0 atom stereocenters. The molecule has 0 aliphatic heterocycles. The van der Waals surface area contributed by atoms with E-state index >= 15 is 0 Å². The molecular formula is C36H29N13O18S7. The maximum Gasteiger partial charge on any atom is 0.319 e. The molecule has 31 nitrogen and oxygen atoms in total. The number of benzene rings is 4. The van der Waals surface area contributed by atoms with Crippen LogP contribution in [0, 0.1) is 18.3 Å². The van der Waals surface area contributed by atoms with Gasteiger partial charge in [-0.1, -0.05) is 45.3 Å². The van der Waals surface area contributed by atoms with Crippen molar-refractivity contribution in [1.29, 1.82) is 5.26 Å². The number of para-hydroxylation sites is 2. The number of nitrogens with zero attached hydrogens (tertiary/aromatic N) is 11. The number of thioether (sulfide) groups is 1. The molecule has 7 rings (SSSR count). The largest absolute Gasteiger partial charge is 0.505 e. The maximum absolute atomic E-state index is 12.9. The molecule has 0 aliphatic carbocycles. The van der Waals surface area contributed by atoms with Gasteiger partial charge >= 0.3 is 6.03 Å². The van der Waals surface area contributed by atoms with Crippen molar-refractivity contribution in [2.24, 2.45) is 30.7 Å². The number of imidazole rings is 1. The number of aromatic hydroxyl groups is 2. The van der Waals surface area contributed by atoms with E-state index in [9.17, 15) is 54.6 Å². The van der Waals surface area contributed by atoms with Crippen LogP contribution in [-0.4, -0.2) is 109 Å². The summed E-state index contributed by atoms with van der Waals surface area (Å²) in [7, 11) is -15.0. The highest BCUT2D eigenvalue weighted by atomic mass is 32.2. The van der Waals surface area contributed by atoms with Gasteiger partial charge in [0.05, 0.1) is 39.4 Å². The summed E-state index contributed by atoms with van der Waals surface area (Å²) in [6.45, 7) is 0.788. The Morgan fingerprint density at radius 2 is 1.51 bits per heavy atom. The van der Waals surface area contributed by atoms with Crippen molar-refractivity contribution in [2.75, 3.05) is 29.1 Å². The molecule has 0 unspecified atom stereocenters. The second-order valence-electron chi connectivity index (χ2n) is 14.1. The SMILES string of the molecule is Cc1c(N=Nc2cc3c(O)c(N=Nc4cc(NC(=O)NCCS(=O)(=O)O)c(N=Nc5nnc(SCCSOOO)s5)cc4S(=O)(=O)O)c(SOOO)cc3cc2S(=O)(=O)O)c(O)n2c(nc3ccccc32)c1C#N. The molecule has 0 saturated carbocycles. The number of pyridine rings is 1. The lowest BCUT2D eigenvalue weighted by molar-refractivity contribution is -0.432. The molecule has 0 bridgehead atoms. The van der Waals surface area contributed by atoms with E-state index < -0.39 is 98.5 Å². The van der Waals surface area contributed by atoms with Gasteiger partial charge in [-0.3, -0.25) is 18.1 Å². The first-order chi connectivity index (χ1) is 35.1. The van der Waals surface area contributed by atoms with Crippen LogP contribution < -0.4 is 10.6 Å². The molecule has 3 aromatic heterocycles. The van der Waals surface area contributed by atoms with Crippen molar-refractivity contribution >= 4 is 150 Å². The van der Waals surface area contributed by atoms with Crippen LogP contribution in [0.2, 0.25) is 0 Å². The summed E-state index contributed by atoms with van der Waals surface area (Å²) in [5, 5.41) is 93.0. The van der Waals surface area contributed by atoms with E-state index in [1.165, 1.54) is 23.1 Å². The number of carbonyl (C=O) groups is 1. The highest BCUT2D eigenvalue weighted by Crippen LogP contribution is 2.48. The van der Waals surface area contributed by atoms with Gasteiger partial charge in [0.1, 0.15) is 44.2 Å². The molecule has 0 radical (unpaired) electrons. The third kappa shape index (κ3) is 13.0. The fourth-order valence-corrected chi connectivity index (χ4v) is 10.6. The minimum atomic E-state index is -5.32. The van der Waals surface area contributed by atoms with Crippen molar-refractivity contribution in [1.82, 2.24) is 24.9 Å². The molecule has 0 spiro atoms. The molecular weight excluding hydrogens is 1130 g/mol. The molecule has 388 valence electrons. The molecule has 0 saturated heterocycles. The first-order valence-corrected chi connectivity index (χ1v) is 27.5. The summed E-state index contributed by atoms with van der Waals surface area (Å²) in [6, 6.07) is 11.7. The monoisotopic (exact) mass is 1150 g/mol. The average Bonchev–Trinajstić information content (AvgIpc) is 3.96. The van der Waals surface area contributed by atoms with Crippen molar-refractivity contribution in [3.05, 3.63) is 65.7 Å². The second kappa shape index (κ2) is 23.3. The number of amides is 2. The highest BCUT2D eigenvalue weighted by molar-refractivity contribution is 8.02. The number of aromatic nitrogens is 4. The van der Waals surface area contributed by atoms with Gasteiger partial charge in [-0.15, -0.1) is 49.6 Å². The predicted octanol–water partition coefficient (Wildman–Crippen LogP) is 8.42. The number of hydrogen-bond acceptors (Lipinski definition) is 29. The van der Waals surface area contributed by atoms with Gasteiger partial charge in [-0.05, 0) is 54.8 Å². The topological polar surface area (TPSA) is 463 Å². The molecule has 4 aromatic carbocycles. The molecule has 38 heteroatoms. The standard InChI is InChI=1S/C36H29N13O18S7/c1-16-19(15-37)32-39-20-4-2-3-5-25(20)49(32)33(51)29(16)44-42-23-12-18-17(11-27(23)73(58,59)60)10-26(71-67-65-54)30(31(18)50)45-43-24-13-21(40-34(52)38-6-9-72(55,56)57)22(14-28(24)74(61,62)63)41-46-35-47-48-36(70-35)68-7-8-69-66-64-53/h2-5,10-14,50-51,53-54H,6-9H2,1H3,(H2,38,40,52)(H,55,56,57)(H,58,59,60)(H,61,62,63). The Bertz CT molecular complexity index is 3830. The Hall–Kier alpha value is -6.65. The van der Waals surface area contributed by atoms with Crippen LogP contribution in [-0.2, 0) is 49.1 Å². The average molecular weight is 1160 g/mol. The molecule has 7 aromatic rings. The molecule has 74 heavy (non-hydrogen) atoms. The van der Waals surface area contributed by atoms with Crippen molar-refractivity contribution in [3.8, 4) is 17.7 Å². The van der Waals surface area contributed by atoms with Gasteiger partial charge in [-0.2, -0.15) is 30.5 Å². The van der Waals surface area contributed by atoms with E-state index in [1.54, 1.807) is 24.3 Å². The van der Waals surface area contributed by atoms with E-state index in [4.69, 9.17) is 15.1 Å². The van der Waals surface area contributed by atoms with E-state index in [0.29, 0.717) is 32.9 Å². The molecule has 0 fully saturated rings. The highest BCUT2D eigenvalue weighted by Gasteiger charge is 2.26. The number of nitriles is 1. The number of carbonyl (C=O) groups excluding carboxylic acids is 1. The van der Waals surface area contributed by atoms with Crippen molar-refractivity contribution in [2.45, 2.75) is 25.9 Å². The zero-order chi connectivity index (χ0) is 53.5. The summed E-state index contributed by atoms with van der Waals surface area (Å²) in [6.07, 6.45) is 0. The smallest absolute Gasteiger partial charge is 0.319 e. The first-order valence-electron chi connectivity index (χ1n) is 19.6. The number of urea groups is 1. The Kier molecular flexibility index (Phi) is 17.3. The Balaban J connectivity index is 1.34. The predicted molar refractivity (Wildman–Crippen MR) is 260 cm³/mol. The number of fused-ring (bicyclic) bond motifs is 4. The Labute approximate surface area is 430 Å². The summed E-state index contributed by atoms with van der Waals surface area (Å²) in [4.78, 5) is 15.1. The molecule has 9 N–H and O–H groups in total. The number of azo groups is 3. The molecule has 3 heterocycles. The van der Waals surface area contributed by atoms with Crippen LogP contribution >= 0.6 is 47.2 Å². The number of rotatable bonds is 21. The van der Waals surface area contributed by atoms with Crippen LogP contribution in [0.5, 0.6) is 11.6 Å². The Morgan fingerprint density at radius 1 is 0.838 bits per heavy atom. The lowest BCUT2D eigenvalue weighted by Gasteiger charge is -2.13. The quantitative estimate of drug-likeness (QED) is 0.00619. The van der Waals surface area contributed by atoms with Crippen molar-refractivity contribution < 1.29 is 83.2 Å². The fourth-order valence-electron chi connectivity index (χ4n) is 6.39. The Morgan fingerprint density at radius 3 is 2.20 bits per heavy atom. The number of hydrogen-bond donors (Lipinski definition) is 9. The van der Waals surface area contributed by atoms with Gasteiger partial charge in [0.2, 0.25) is 5.88 Å². The third-order valence-electron chi connectivity index (χ3n) is 9.49. The second-order valence-corrected chi connectivity index (χ2v) is 22.3. The van der Waals surface area contributed by atoms with E-state index in [-0.39, 0.29) is 55.3 Å². The van der Waals surface area contributed by atoms with Gasteiger partial charge in [0, 0.05) is 41.0 Å². The lowest BCUT2D eigenvalue weighted by Crippen LogP contribution is -2.32. The zero-order valence-electron chi connectivity index (χ0n) is 36.4. The van der Waals surface area contributed by atoms with Gasteiger partial charge < -0.3 is 20.8 Å². The van der Waals surface area contributed by atoms with Gasteiger partial charge in [0.15, 0.2) is 21.4 Å². The summed E-state index contributed by atoms with van der Waals surface area (Å²) in [5.74, 6) is -1.64. The minimum Gasteiger partial charge on any atom is -0.505 e. The summed E-state index contributed by atoms with van der Waals surface area (Å²) >= 11 is 3.03.